The van der Waals surface area contributed by atoms with E-state index in [0.29, 0.717) is 31.2 Å². The largest absolute Gasteiger partial charge is 0.436 e. The van der Waals surface area contributed by atoms with Crippen LogP contribution in [0.2, 0.25) is 10.3 Å². The Labute approximate surface area is 204 Å². The molecule has 1 saturated heterocycles. The summed E-state index contributed by atoms with van der Waals surface area (Å²) < 4.78 is 20.4. The van der Waals surface area contributed by atoms with Crippen LogP contribution < -0.4 is 9.64 Å². The number of rotatable bonds is 4. The van der Waals surface area contributed by atoms with Gasteiger partial charge in [-0.15, -0.1) is 0 Å². The van der Waals surface area contributed by atoms with Crippen molar-refractivity contribution >= 4 is 85.1 Å². The van der Waals surface area contributed by atoms with Crippen molar-refractivity contribution in [2.75, 3.05) is 4.90 Å². The van der Waals surface area contributed by atoms with Crippen LogP contribution in [0.25, 0.3) is 6.08 Å². The van der Waals surface area contributed by atoms with E-state index in [1.165, 1.54) is 16.7 Å². The summed E-state index contributed by atoms with van der Waals surface area (Å²) >= 11 is 21.7. The van der Waals surface area contributed by atoms with E-state index in [0.717, 1.165) is 10.7 Å². The number of aromatic nitrogens is 2. The lowest BCUT2D eigenvalue weighted by Crippen LogP contribution is -2.27. The van der Waals surface area contributed by atoms with Crippen LogP contribution in [-0.4, -0.2) is 20.2 Å². The quantitative estimate of drug-likeness (QED) is 0.198. The van der Waals surface area contributed by atoms with Crippen molar-refractivity contribution in [3.05, 3.63) is 79.7 Å². The zero-order valence-corrected chi connectivity index (χ0v) is 19.9. The van der Waals surface area contributed by atoms with Crippen LogP contribution in [0.5, 0.6) is 11.6 Å². The van der Waals surface area contributed by atoms with Gasteiger partial charge in [-0.25, -0.2) is 4.98 Å². The molecule has 31 heavy (non-hydrogen) atoms. The third-order valence-electron chi connectivity index (χ3n) is 4.01. The highest BCUT2D eigenvalue weighted by Crippen LogP contribution is 2.38. The van der Waals surface area contributed by atoms with Crippen LogP contribution >= 0.6 is 63.1 Å². The van der Waals surface area contributed by atoms with Crippen LogP contribution in [0, 0.1) is 5.82 Å². The number of amides is 1. The molecule has 11 heteroatoms. The normalized spacial score (nSPS) is 15.1. The highest BCUT2D eigenvalue weighted by molar-refractivity contribution is 9.10. The summed E-state index contributed by atoms with van der Waals surface area (Å²) in [5, 5.41) is 0.335. The standard InChI is InChI=1S/C20H9BrCl2FN3O2S2/c21-13-5-4-11(8-14(13)22)27-18(28)16(31-20(27)30)7-10-2-1-3-12(6-10)29-17-15(24)9-25-19(23)26-17/h1-9H/b16-7+. The molecule has 0 unspecified atom stereocenters. The number of halogens is 4. The molecular formula is C20H9BrCl2FN3O2S2. The van der Waals surface area contributed by atoms with Crippen molar-refractivity contribution in [2.45, 2.75) is 0 Å². The van der Waals surface area contributed by atoms with E-state index in [1.54, 1.807) is 48.5 Å². The average Bonchev–Trinajstić information content (AvgIpc) is 3.00. The minimum absolute atomic E-state index is 0.135. The Balaban J connectivity index is 1.59. The molecule has 1 aromatic heterocycles. The molecule has 1 fully saturated rings. The molecule has 1 amide bonds. The predicted molar refractivity (Wildman–Crippen MR) is 128 cm³/mol. The third-order valence-corrected chi connectivity index (χ3v) is 6.72. The van der Waals surface area contributed by atoms with Crippen molar-refractivity contribution in [1.82, 2.24) is 9.97 Å². The SMILES string of the molecule is O=C1/C(=C\c2cccc(Oc3nc(Cl)ncc3F)c2)SC(=S)N1c1ccc(Br)c(Cl)c1. The van der Waals surface area contributed by atoms with E-state index in [4.69, 9.17) is 40.2 Å². The molecule has 3 aromatic rings. The Kier molecular flexibility index (Phi) is 6.59. The number of thiocarbonyl (C=S) groups is 1. The van der Waals surface area contributed by atoms with Gasteiger partial charge >= 0.3 is 0 Å². The molecule has 0 saturated carbocycles. The summed E-state index contributed by atoms with van der Waals surface area (Å²) in [7, 11) is 0. The molecule has 0 atom stereocenters. The van der Waals surface area contributed by atoms with Gasteiger partial charge in [-0.1, -0.05) is 47.7 Å². The van der Waals surface area contributed by atoms with Gasteiger partial charge in [0.1, 0.15) is 5.75 Å². The number of anilines is 1. The number of hydrogen-bond acceptors (Lipinski definition) is 6. The molecule has 0 bridgehead atoms. The molecule has 4 rings (SSSR count). The Morgan fingerprint density at radius 3 is 2.81 bits per heavy atom. The summed E-state index contributed by atoms with van der Waals surface area (Å²) in [5.41, 5.74) is 1.24. The molecule has 2 heterocycles. The van der Waals surface area contributed by atoms with Gasteiger partial charge in [-0.2, -0.15) is 9.37 Å². The summed E-state index contributed by atoms with van der Waals surface area (Å²) in [6, 6.07) is 11.9. The average molecular weight is 557 g/mol. The maximum absolute atomic E-state index is 13.8. The van der Waals surface area contributed by atoms with Crippen LogP contribution in [-0.2, 0) is 4.79 Å². The van der Waals surface area contributed by atoms with Gasteiger partial charge in [-0.05, 0) is 69.5 Å². The fourth-order valence-electron chi connectivity index (χ4n) is 2.65. The van der Waals surface area contributed by atoms with Crippen LogP contribution in [0.4, 0.5) is 10.1 Å². The molecule has 156 valence electrons. The molecule has 1 aliphatic heterocycles. The highest BCUT2D eigenvalue weighted by atomic mass is 79.9. The topological polar surface area (TPSA) is 55.3 Å². The minimum atomic E-state index is -0.746. The first-order chi connectivity index (χ1) is 14.8. The smallest absolute Gasteiger partial charge is 0.270 e. The lowest BCUT2D eigenvalue weighted by atomic mass is 10.2. The first-order valence-corrected chi connectivity index (χ1v) is 11.3. The Morgan fingerprint density at radius 2 is 2.03 bits per heavy atom. The van der Waals surface area contributed by atoms with Crippen molar-refractivity contribution in [2.24, 2.45) is 0 Å². The van der Waals surface area contributed by atoms with E-state index in [1.807, 2.05) is 0 Å². The van der Waals surface area contributed by atoms with Gasteiger partial charge < -0.3 is 4.74 Å². The van der Waals surface area contributed by atoms with Gasteiger partial charge in [0.2, 0.25) is 11.1 Å². The van der Waals surface area contributed by atoms with Gasteiger partial charge in [0.15, 0.2) is 4.32 Å². The second-order valence-electron chi connectivity index (χ2n) is 6.08. The molecule has 0 spiro atoms. The van der Waals surface area contributed by atoms with Crippen molar-refractivity contribution in [1.29, 1.82) is 0 Å². The first kappa shape index (κ1) is 22.2. The lowest BCUT2D eigenvalue weighted by Gasteiger charge is -2.15. The maximum Gasteiger partial charge on any atom is 0.270 e. The first-order valence-electron chi connectivity index (χ1n) is 8.51. The van der Waals surface area contributed by atoms with E-state index in [9.17, 15) is 9.18 Å². The number of carbonyl (C=O) groups is 1. The number of thioether (sulfide) groups is 1. The van der Waals surface area contributed by atoms with Gasteiger partial charge in [-0.3, -0.25) is 9.69 Å². The predicted octanol–water partition coefficient (Wildman–Crippen LogP) is 6.88. The molecule has 0 aliphatic carbocycles. The summed E-state index contributed by atoms with van der Waals surface area (Å²) in [5.74, 6) is -0.995. The van der Waals surface area contributed by atoms with Crippen molar-refractivity contribution < 1.29 is 13.9 Å². The number of carbonyl (C=O) groups excluding carboxylic acids is 1. The van der Waals surface area contributed by atoms with Crippen LogP contribution in [0.3, 0.4) is 0 Å². The second-order valence-corrected chi connectivity index (χ2v) is 9.36. The van der Waals surface area contributed by atoms with Crippen LogP contribution in [0.1, 0.15) is 5.56 Å². The van der Waals surface area contributed by atoms with E-state index < -0.39 is 5.82 Å². The van der Waals surface area contributed by atoms with Gasteiger partial charge in [0.05, 0.1) is 21.8 Å². The Hall–Kier alpha value is -2.04. The molecule has 1 aliphatic rings. The Bertz CT molecular complexity index is 1260. The fraction of sp³-hybridized carbons (Fsp3) is 0. The van der Waals surface area contributed by atoms with Crippen molar-refractivity contribution in [3.8, 4) is 11.6 Å². The number of hydrogen-bond donors (Lipinski definition) is 0. The Morgan fingerprint density at radius 1 is 1.23 bits per heavy atom. The van der Waals surface area contributed by atoms with Gasteiger partial charge in [0, 0.05) is 4.47 Å². The highest BCUT2D eigenvalue weighted by Gasteiger charge is 2.33. The summed E-state index contributed by atoms with van der Waals surface area (Å²) in [6.07, 6.45) is 2.60. The number of ether oxygens (including phenoxy) is 1. The molecule has 2 aromatic carbocycles. The monoisotopic (exact) mass is 555 g/mol. The second kappa shape index (κ2) is 9.22. The molecule has 5 nitrogen and oxygen atoms in total. The van der Waals surface area contributed by atoms with E-state index in [2.05, 4.69) is 25.9 Å². The minimum Gasteiger partial charge on any atom is -0.436 e. The number of nitrogens with zero attached hydrogens (tertiary/aromatic N) is 3. The third kappa shape index (κ3) is 4.91. The lowest BCUT2D eigenvalue weighted by molar-refractivity contribution is -0.113. The molecular weight excluding hydrogens is 548 g/mol. The fourth-order valence-corrected chi connectivity index (χ4v) is 4.49. The molecule has 0 radical (unpaired) electrons. The zero-order chi connectivity index (χ0) is 22.1. The molecule has 0 N–H and O–H groups in total. The van der Waals surface area contributed by atoms with E-state index >= 15 is 0 Å². The van der Waals surface area contributed by atoms with Crippen LogP contribution in [0.15, 0.2) is 58.0 Å². The van der Waals surface area contributed by atoms with Gasteiger partial charge in [0.25, 0.3) is 11.8 Å². The zero-order valence-electron chi connectivity index (χ0n) is 15.2. The van der Waals surface area contributed by atoms with E-state index in [-0.39, 0.29) is 17.1 Å². The number of benzene rings is 2. The maximum atomic E-state index is 13.8. The van der Waals surface area contributed by atoms with Crippen molar-refractivity contribution in [3.63, 3.8) is 0 Å². The summed E-state index contributed by atoms with van der Waals surface area (Å²) in [4.78, 5) is 22.1. The summed E-state index contributed by atoms with van der Waals surface area (Å²) in [6.45, 7) is 0.